The maximum Gasteiger partial charge on any atom is 0.149 e. The Morgan fingerprint density at radius 2 is 2.00 bits per heavy atom. The molecule has 0 spiro atoms. The number of aliphatic hydroxyl groups excluding tert-OH is 1. The molecule has 0 atom stereocenters. The molecule has 1 aromatic carbocycles. The van der Waals surface area contributed by atoms with Crippen LogP contribution in [-0.2, 0) is 6.61 Å². The van der Waals surface area contributed by atoms with Gasteiger partial charge in [0, 0.05) is 16.8 Å². The fraction of sp³-hybridized carbons (Fsp3) is 0.0833. The topological polar surface area (TPSA) is 33.1 Å². The molecule has 17 heavy (non-hydrogen) atoms. The molecule has 0 aliphatic heterocycles. The summed E-state index contributed by atoms with van der Waals surface area (Å²) in [5.41, 5.74) is 1.03. The summed E-state index contributed by atoms with van der Waals surface area (Å²) >= 11 is 11.7. The van der Waals surface area contributed by atoms with Gasteiger partial charge in [0.1, 0.15) is 11.5 Å². The summed E-state index contributed by atoms with van der Waals surface area (Å²) in [5.74, 6) is -0.527. The van der Waals surface area contributed by atoms with E-state index in [-0.39, 0.29) is 12.3 Å². The number of aliphatic hydroxyl groups is 1. The number of rotatable bonds is 2. The Labute approximate surface area is 108 Å². The van der Waals surface area contributed by atoms with Crippen molar-refractivity contribution >= 4 is 23.2 Å². The van der Waals surface area contributed by atoms with Crippen LogP contribution in [0.1, 0.15) is 5.56 Å². The third-order valence-electron chi connectivity index (χ3n) is 2.27. The van der Waals surface area contributed by atoms with E-state index < -0.39 is 5.82 Å². The third kappa shape index (κ3) is 2.57. The molecule has 2 nitrogen and oxygen atoms in total. The first kappa shape index (κ1) is 12.3. The summed E-state index contributed by atoms with van der Waals surface area (Å²) in [6.45, 7) is -0.251. The second-order valence-electron chi connectivity index (χ2n) is 3.46. The van der Waals surface area contributed by atoms with Crippen molar-refractivity contribution in [1.29, 1.82) is 0 Å². The van der Waals surface area contributed by atoms with E-state index in [0.29, 0.717) is 21.2 Å². The molecule has 2 rings (SSSR count). The van der Waals surface area contributed by atoms with Crippen molar-refractivity contribution in [3.05, 3.63) is 51.9 Å². The van der Waals surface area contributed by atoms with Crippen LogP contribution in [0, 0.1) is 5.82 Å². The van der Waals surface area contributed by atoms with E-state index >= 15 is 0 Å². The van der Waals surface area contributed by atoms with E-state index in [1.165, 1.54) is 18.3 Å². The summed E-state index contributed by atoms with van der Waals surface area (Å²) in [7, 11) is 0. The lowest BCUT2D eigenvalue weighted by molar-refractivity contribution is 0.280. The molecule has 0 amide bonds. The van der Waals surface area contributed by atoms with E-state index in [1.807, 2.05) is 0 Å². The molecule has 88 valence electrons. The van der Waals surface area contributed by atoms with Gasteiger partial charge in [-0.3, -0.25) is 4.98 Å². The Morgan fingerprint density at radius 3 is 2.59 bits per heavy atom. The molecule has 0 fully saturated rings. The minimum atomic E-state index is -0.527. The summed E-state index contributed by atoms with van der Waals surface area (Å²) < 4.78 is 13.7. The van der Waals surface area contributed by atoms with Gasteiger partial charge >= 0.3 is 0 Å². The first-order chi connectivity index (χ1) is 8.11. The minimum absolute atomic E-state index is 0.142. The van der Waals surface area contributed by atoms with Crippen LogP contribution in [0.4, 0.5) is 4.39 Å². The molecular weight excluding hydrogens is 264 g/mol. The molecule has 0 aliphatic rings. The quantitative estimate of drug-likeness (QED) is 0.904. The van der Waals surface area contributed by atoms with Gasteiger partial charge in [-0.05, 0) is 29.8 Å². The first-order valence-corrected chi connectivity index (χ1v) is 5.58. The van der Waals surface area contributed by atoms with Crippen molar-refractivity contribution < 1.29 is 9.50 Å². The van der Waals surface area contributed by atoms with Gasteiger partial charge in [0.05, 0.1) is 11.6 Å². The lowest BCUT2D eigenvalue weighted by atomic mass is 10.1. The summed E-state index contributed by atoms with van der Waals surface area (Å²) in [6.07, 6.45) is 1.41. The largest absolute Gasteiger partial charge is 0.392 e. The summed E-state index contributed by atoms with van der Waals surface area (Å²) in [4.78, 5) is 3.95. The van der Waals surface area contributed by atoms with Gasteiger partial charge in [-0.25, -0.2) is 4.39 Å². The van der Waals surface area contributed by atoms with Crippen LogP contribution in [0.3, 0.4) is 0 Å². The normalized spacial score (nSPS) is 10.6. The second-order valence-corrected chi connectivity index (χ2v) is 4.30. The molecule has 0 bridgehead atoms. The Hall–Kier alpha value is -1.16. The average molecular weight is 272 g/mol. The van der Waals surface area contributed by atoms with E-state index in [2.05, 4.69) is 4.98 Å². The van der Waals surface area contributed by atoms with Gasteiger partial charge in [0.15, 0.2) is 0 Å². The number of hydrogen-bond acceptors (Lipinski definition) is 2. The Bertz CT molecular complexity index is 560. The van der Waals surface area contributed by atoms with Crippen molar-refractivity contribution in [2.45, 2.75) is 6.61 Å². The number of hydrogen-bond donors (Lipinski definition) is 1. The van der Waals surface area contributed by atoms with Gasteiger partial charge in [0.25, 0.3) is 0 Å². The van der Waals surface area contributed by atoms with Crippen LogP contribution in [-0.4, -0.2) is 10.1 Å². The fourth-order valence-corrected chi connectivity index (χ4v) is 1.94. The zero-order chi connectivity index (χ0) is 12.4. The molecule has 2 aromatic rings. The highest BCUT2D eigenvalue weighted by atomic mass is 35.5. The van der Waals surface area contributed by atoms with E-state index in [1.54, 1.807) is 12.1 Å². The van der Waals surface area contributed by atoms with E-state index in [4.69, 9.17) is 28.3 Å². The molecule has 1 aromatic heterocycles. The molecule has 5 heteroatoms. The lowest BCUT2D eigenvalue weighted by Gasteiger charge is -2.06. The molecule has 1 N–H and O–H groups in total. The summed E-state index contributed by atoms with van der Waals surface area (Å²) in [5, 5.41) is 9.68. The molecule has 0 saturated heterocycles. The average Bonchev–Trinajstić information content (AvgIpc) is 2.30. The highest BCUT2D eigenvalue weighted by molar-refractivity contribution is 6.36. The maximum absolute atomic E-state index is 13.7. The highest BCUT2D eigenvalue weighted by Crippen LogP contribution is 2.30. The molecule has 0 saturated carbocycles. The van der Waals surface area contributed by atoms with Crippen molar-refractivity contribution in [2.24, 2.45) is 0 Å². The molecule has 0 unspecified atom stereocenters. The monoisotopic (exact) mass is 271 g/mol. The fourth-order valence-electron chi connectivity index (χ4n) is 1.44. The van der Waals surface area contributed by atoms with Crippen molar-refractivity contribution in [3.8, 4) is 11.3 Å². The summed E-state index contributed by atoms with van der Waals surface area (Å²) in [6, 6.07) is 5.98. The zero-order valence-electron chi connectivity index (χ0n) is 8.62. The highest BCUT2D eigenvalue weighted by Gasteiger charge is 2.11. The molecular formula is C12H8Cl2FNO. The molecule has 0 radical (unpaired) electrons. The van der Waals surface area contributed by atoms with Gasteiger partial charge in [-0.1, -0.05) is 23.2 Å². The van der Waals surface area contributed by atoms with Gasteiger partial charge in [0.2, 0.25) is 0 Å². The smallest absolute Gasteiger partial charge is 0.149 e. The molecule has 0 aliphatic carbocycles. The first-order valence-electron chi connectivity index (χ1n) is 4.82. The Morgan fingerprint density at radius 1 is 1.24 bits per heavy atom. The zero-order valence-corrected chi connectivity index (χ0v) is 10.1. The SMILES string of the molecule is OCc1cnc(-c2ccc(Cl)cc2Cl)c(F)c1. The predicted octanol–water partition coefficient (Wildman–Crippen LogP) is 3.69. The minimum Gasteiger partial charge on any atom is -0.392 e. The van der Waals surface area contributed by atoms with Crippen molar-refractivity contribution in [3.63, 3.8) is 0 Å². The Kier molecular flexibility index (Phi) is 3.62. The maximum atomic E-state index is 13.7. The number of nitrogens with zero attached hydrogens (tertiary/aromatic N) is 1. The van der Waals surface area contributed by atoms with Crippen LogP contribution in [0.25, 0.3) is 11.3 Å². The van der Waals surface area contributed by atoms with Crippen LogP contribution < -0.4 is 0 Å². The number of pyridine rings is 1. The second kappa shape index (κ2) is 5.00. The number of benzene rings is 1. The van der Waals surface area contributed by atoms with Crippen molar-refractivity contribution in [2.75, 3.05) is 0 Å². The van der Waals surface area contributed by atoms with Crippen molar-refractivity contribution in [1.82, 2.24) is 4.98 Å². The van der Waals surface area contributed by atoms with Gasteiger partial charge in [-0.15, -0.1) is 0 Å². The number of halogens is 3. The van der Waals surface area contributed by atoms with Gasteiger partial charge < -0.3 is 5.11 Å². The predicted molar refractivity (Wildman–Crippen MR) is 65.6 cm³/mol. The van der Waals surface area contributed by atoms with Crippen LogP contribution in [0.5, 0.6) is 0 Å². The van der Waals surface area contributed by atoms with Gasteiger partial charge in [-0.2, -0.15) is 0 Å². The van der Waals surface area contributed by atoms with E-state index in [9.17, 15) is 4.39 Å². The Balaban J connectivity index is 2.53. The lowest BCUT2D eigenvalue weighted by Crippen LogP contribution is -1.94. The van der Waals surface area contributed by atoms with E-state index in [0.717, 1.165) is 0 Å². The van der Waals surface area contributed by atoms with Crippen LogP contribution in [0.2, 0.25) is 10.0 Å². The standard InChI is InChI=1S/C12H8Cl2FNO/c13-8-1-2-9(10(14)4-8)12-11(15)3-7(6-17)5-16-12/h1-5,17H,6H2. The van der Waals surface area contributed by atoms with Crippen LogP contribution in [0.15, 0.2) is 30.5 Å². The third-order valence-corrected chi connectivity index (χ3v) is 2.81. The van der Waals surface area contributed by atoms with Crippen LogP contribution >= 0.6 is 23.2 Å². The number of aromatic nitrogens is 1. The molecule has 1 heterocycles.